The van der Waals surface area contributed by atoms with Crippen LogP contribution in [0.1, 0.15) is 55.2 Å². The fourth-order valence-electron chi connectivity index (χ4n) is 6.04. The number of hydrogen-bond donors (Lipinski definition) is 2. The predicted molar refractivity (Wildman–Crippen MR) is 201 cm³/mol. The Morgan fingerprint density at radius 3 is 1.89 bits per heavy atom. The molecule has 0 bridgehead atoms. The second kappa shape index (κ2) is 16.0. The van der Waals surface area contributed by atoms with Crippen LogP contribution in [0.15, 0.2) is 132 Å². The maximum Gasteiger partial charge on any atom is 0.408 e. The highest BCUT2D eigenvalue weighted by Crippen LogP contribution is 2.40. The summed E-state index contributed by atoms with van der Waals surface area (Å²) in [4.78, 5) is 55.6. The van der Waals surface area contributed by atoms with E-state index in [-0.39, 0.29) is 4.90 Å². The smallest absolute Gasteiger partial charge is 0.408 e. The fraction of sp³-hybridized carbons (Fsp3) is 0.250. The molecule has 1 fully saturated rings. The van der Waals surface area contributed by atoms with E-state index < -0.39 is 91.5 Å². The quantitative estimate of drug-likeness (QED) is 0.0917. The van der Waals surface area contributed by atoms with Crippen LogP contribution in [0.4, 0.5) is 4.79 Å². The standard InChI is InChI=1S/C40H39N3O10S2/c1-25-20-22-29(23-21-25)55(49,50)53-30-24-54(48)37-32(41-35(44)31(26-14-8-5-9-15-26)42-39(47)52-40(2,3)4)36(45)43(37)33(30)38(46)51-34(27-16-10-6-11-17-27)28-18-12-7-13-19-28/h5-23,31-32,34,37H,24H2,1-4H3,(H,41,44)(H,42,47)/t31?,32-,37-,54?/m1/s1. The van der Waals surface area contributed by atoms with Crippen molar-refractivity contribution in [2.75, 3.05) is 5.75 Å². The van der Waals surface area contributed by atoms with Crippen LogP contribution in [0.5, 0.6) is 0 Å². The summed E-state index contributed by atoms with van der Waals surface area (Å²) in [5.74, 6) is -4.01. The van der Waals surface area contributed by atoms with Gasteiger partial charge in [0.2, 0.25) is 17.0 Å². The summed E-state index contributed by atoms with van der Waals surface area (Å²) < 4.78 is 57.9. The molecule has 4 aromatic rings. The molecular formula is C40H39N3O10S2. The van der Waals surface area contributed by atoms with Crippen molar-refractivity contribution in [3.05, 3.63) is 149 Å². The van der Waals surface area contributed by atoms with E-state index in [0.717, 1.165) is 10.5 Å². The molecule has 0 saturated carbocycles. The number of rotatable bonds is 11. The Labute approximate surface area is 322 Å². The third-order valence-corrected chi connectivity index (χ3v) is 11.4. The van der Waals surface area contributed by atoms with Gasteiger partial charge < -0.3 is 28.8 Å². The van der Waals surface area contributed by atoms with Crippen molar-refractivity contribution in [3.8, 4) is 0 Å². The minimum atomic E-state index is -4.59. The molecule has 55 heavy (non-hydrogen) atoms. The average molecular weight is 786 g/mol. The number of carbonyl (C=O) groups is 4. The van der Waals surface area contributed by atoms with E-state index in [1.807, 2.05) is 0 Å². The third-order valence-electron chi connectivity index (χ3n) is 8.59. The Balaban J connectivity index is 1.34. The van der Waals surface area contributed by atoms with Crippen molar-refractivity contribution in [1.29, 1.82) is 0 Å². The van der Waals surface area contributed by atoms with Gasteiger partial charge in [-0.25, -0.2) is 9.59 Å². The SMILES string of the molecule is Cc1ccc(S(=O)(=O)OC2=C(C(=O)OC(c3ccccc3)c3ccccc3)N3C(=O)[C@@H](NC(=O)C(NC(=O)OC(C)(C)C)c4ccccc4)[C@H]3[S+]([O-])C2)cc1. The second-order valence-corrected chi connectivity index (χ2v) is 16.9. The van der Waals surface area contributed by atoms with Crippen LogP contribution >= 0.6 is 0 Å². The molecule has 0 radical (unpaired) electrons. The van der Waals surface area contributed by atoms with E-state index in [1.165, 1.54) is 12.1 Å². The zero-order valence-corrected chi connectivity index (χ0v) is 32.0. The molecule has 2 aliphatic rings. The number of carbonyl (C=O) groups excluding carboxylic acids is 4. The van der Waals surface area contributed by atoms with Gasteiger partial charge in [0.15, 0.2) is 23.6 Å². The summed E-state index contributed by atoms with van der Waals surface area (Å²) in [6, 6.07) is 28.8. The number of aryl methyl sites for hydroxylation is 1. The van der Waals surface area contributed by atoms with E-state index >= 15 is 0 Å². The van der Waals surface area contributed by atoms with Crippen molar-refractivity contribution in [3.63, 3.8) is 0 Å². The lowest BCUT2D eigenvalue weighted by Crippen LogP contribution is -2.75. The molecule has 2 unspecified atom stereocenters. The molecule has 286 valence electrons. The van der Waals surface area contributed by atoms with Crippen molar-refractivity contribution < 1.29 is 45.8 Å². The van der Waals surface area contributed by atoms with Crippen LogP contribution in [-0.4, -0.2) is 64.5 Å². The number of fused-ring (bicyclic) bond motifs is 1. The summed E-state index contributed by atoms with van der Waals surface area (Å²) in [5.41, 5.74) is 0.866. The lowest BCUT2D eigenvalue weighted by atomic mass is 10.0. The van der Waals surface area contributed by atoms with Gasteiger partial charge in [-0.2, -0.15) is 8.42 Å². The van der Waals surface area contributed by atoms with Crippen LogP contribution in [0.3, 0.4) is 0 Å². The number of β-lactam (4-membered cyclic amide) rings is 1. The predicted octanol–water partition coefficient (Wildman–Crippen LogP) is 4.93. The first-order valence-electron chi connectivity index (χ1n) is 17.2. The van der Waals surface area contributed by atoms with Crippen molar-refractivity contribution in [2.24, 2.45) is 0 Å². The van der Waals surface area contributed by atoms with Crippen molar-refractivity contribution in [1.82, 2.24) is 15.5 Å². The summed E-state index contributed by atoms with van der Waals surface area (Å²) in [5, 5.41) is 3.79. The first kappa shape index (κ1) is 39.1. The number of nitrogens with zero attached hydrogens (tertiary/aromatic N) is 1. The van der Waals surface area contributed by atoms with Crippen LogP contribution in [0.25, 0.3) is 0 Å². The number of hydrogen-bond acceptors (Lipinski definition) is 10. The molecule has 0 spiro atoms. The van der Waals surface area contributed by atoms with E-state index in [9.17, 15) is 32.1 Å². The number of amides is 3. The highest BCUT2D eigenvalue weighted by atomic mass is 32.2. The Morgan fingerprint density at radius 1 is 0.836 bits per heavy atom. The lowest BCUT2D eigenvalue weighted by Gasteiger charge is -2.48. The van der Waals surface area contributed by atoms with Crippen molar-refractivity contribution >= 4 is 45.2 Å². The van der Waals surface area contributed by atoms with Crippen molar-refractivity contribution in [2.45, 2.75) is 61.8 Å². The zero-order valence-electron chi connectivity index (χ0n) is 30.3. The number of esters is 1. The van der Waals surface area contributed by atoms with Gasteiger partial charge in [-0.3, -0.25) is 14.5 Å². The summed E-state index contributed by atoms with van der Waals surface area (Å²) in [6.45, 7) is 6.75. The van der Waals surface area contributed by atoms with E-state index in [1.54, 1.807) is 131 Å². The number of nitrogens with one attached hydrogen (secondary N) is 2. The molecule has 0 aliphatic carbocycles. The summed E-state index contributed by atoms with van der Waals surface area (Å²) >= 11 is -2.10. The van der Waals surface area contributed by atoms with Gasteiger partial charge in [0.1, 0.15) is 16.5 Å². The second-order valence-electron chi connectivity index (χ2n) is 13.8. The van der Waals surface area contributed by atoms with Gasteiger partial charge >= 0.3 is 22.2 Å². The van der Waals surface area contributed by atoms with Gasteiger partial charge in [0.25, 0.3) is 5.91 Å². The Hall–Kier alpha value is -5.64. The van der Waals surface area contributed by atoms with Gasteiger partial charge in [-0.1, -0.05) is 109 Å². The monoisotopic (exact) mass is 785 g/mol. The normalized spacial score (nSPS) is 18.8. The Morgan fingerprint density at radius 2 is 1.36 bits per heavy atom. The Bertz CT molecular complexity index is 2150. The molecule has 2 N–H and O–H groups in total. The van der Waals surface area contributed by atoms with Crippen LogP contribution in [0.2, 0.25) is 0 Å². The summed E-state index contributed by atoms with van der Waals surface area (Å²) in [7, 11) is -4.59. The highest BCUT2D eigenvalue weighted by molar-refractivity contribution is 7.92. The topological polar surface area (TPSA) is 180 Å². The Kier molecular flexibility index (Phi) is 11.4. The third kappa shape index (κ3) is 8.85. The molecule has 2 heterocycles. The van der Waals surface area contributed by atoms with E-state index in [0.29, 0.717) is 16.7 Å². The molecule has 6 rings (SSSR count). The molecule has 3 amide bonds. The number of alkyl carbamates (subject to hydrolysis) is 1. The number of ether oxygens (including phenoxy) is 2. The largest absolute Gasteiger partial charge is 0.614 e. The van der Waals surface area contributed by atoms with Gasteiger partial charge in [0, 0.05) is 0 Å². The lowest BCUT2D eigenvalue weighted by molar-refractivity contribution is -0.155. The summed E-state index contributed by atoms with van der Waals surface area (Å²) in [6.07, 6.45) is -1.89. The van der Waals surface area contributed by atoms with Gasteiger partial charge in [0.05, 0.1) is 0 Å². The average Bonchev–Trinajstić information content (AvgIpc) is 3.15. The first-order chi connectivity index (χ1) is 26.1. The van der Waals surface area contributed by atoms with Crippen LogP contribution < -0.4 is 10.6 Å². The maximum absolute atomic E-state index is 14.3. The molecule has 1 saturated heterocycles. The van der Waals surface area contributed by atoms with Gasteiger partial charge in [-0.05, 0) is 67.7 Å². The highest BCUT2D eigenvalue weighted by Gasteiger charge is 2.62. The molecule has 4 atom stereocenters. The van der Waals surface area contributed by atoms with Crippen LogP contribution in [0, 0.1) is 6.92 Å². The molecular weight excluding hydrogens is 747 g/mol. The number of benzene rings is 4. The van der Waals surface area contributed by atoms with Gasteiger partial charge in [-0.15, -0.1) is 0 Å². The van der Waals surface area contributed by atoms with E-state index in [2.05, 4.69) is 10.6 Å². The molecule has 0 aromatic heterocycles. The molecule has 15 heteroatoms. The minimum Gasteiger partial charge on any atom is -0.614 e. The molecule has 2 aliphatic heterocycles. The maximum atomic E-state index is 14.3. The zero-order chi connectivity index (χ0) is 39.5. The molecule has 4 aromatic carbocycles. The van der Waals surface area contributed by atoms with E-state index in [4.69, 9.17) is 13.7 Å². The minimum absolute atomic E-state index is 0.234. The first-order valence-corrected chi connectivity index (χ1v) is 20.0. The fourth-order valence-corrected chi connectivity index (χ4v) is 8.64. The van der Waals surface area contributed by atoms with Crippen LogP contribution in [-0.2, 0) is 49.3 Å². The molecule has 13 nitrogen and oxygen atoms in total.